The maximum absolute atomic E-state index is 9.00. The van der Waals surface area contributed by atoms with Crippen LogP contribution >= 0.6 is 0 Å². The summed E-state index contributed by atoms with van der Waals surface area (Å²) in [6, 6.07) is 0. The summed E-state index contributed by atoms with van der Waals surface area (Å²) in [7, 11) is 0. The van der Waals surface area contributed by atoms with E-state index in [0.717, 1.165) is 6.42 Å². The van der Waals surface area contributed by atoms with E-state index in [1.165, 1.54) is 6.08 Å². The number of aliphatic hydroxyl groups is 2. The fraction of sp³-hybridized carbons (Fsp3) is 0.714. The first kappa shape index (κ1) is 8.66. The molecule has 0 radical (unpaired) electrons. The van der Waals surface area contributed by atoms with Gasteiger partial charge in [0, 0.05) is 0 Å². The maximum Gasteiger partial charge on any atom is 0.0977 e. The van der Waals surface area contributed by atoms with Crippen molar-refractivity contribution in [3.8, 4) is 0 Å². The molecule has 0 unspecified atom stereocenters. The van der Waals surface area contributed by atoms with Gasteiger partial charge in [0.15, 0.2) is 0 Å². The van der Waals surface area contributed by atoms with E-state index in [0.29, 0.717) is 6.42 Å². The van der Waals surface area contributed by atoms with Crippen molar-refractivity contribution in [2.24, 2.45) is 0 Å². The fourth-order valence-corrected chi connectivity index (χ4v) is 0.624. The van der Waals surface area contributed by atoms with Crippen molar-refractivity contribution in [1.82, 2.24) is 0 Å². The van der Waals surface area contributed by atoms with Gasteiger partial charge in [-0.05, 0) is 6.42 Å². The Bertz CT molecular complexity index is 81.0. The molecule has 2 atom stereocenters. The molecule has 0 heterocycles. The van der Waals surface area contributed by atoms with Crippen LogP contribution in [0.5, 0.6) is 0 Å². The summed E-state index contributed by atoms with van der Waals surface area (Å²) < 4.78 is 0. The van der Waals surface area contributed by atoms with E-state index in [9.17, 15) is 0 Å². The molecule has 0 spiro atoms. The van der Waals surface area contributed by atoms with Gasteiger partial charge in [-0.15, -0.1) is 6.58 Å². The van der Waals surface area contributed by atoms with Crippen LogP contribution < -0.4 is 0 Å². The molecule has 2 N–H and O–H groups in total. The molecule has 54 valence electrons. The minimum Gasteiger partial charge on any atom is -0.390 e. The molecule has 0 aromatic rings. The van der Waals surface area contributed by atoms with Gasteiger partial charge in [0.2, 0.25) is 0 Å². The van der Waals surface area contributed by atoms with Crippen LogP contribution in [0.25, 0.3) is 0 Å². The average Bonchev–Trinajstić information content (AvgIpc) is 1.87. The molecule has 0 rings (SSSR count). The van der Waals surface area contributed by atoms with E-state index in [2.05, 4.69) is 6.58 Å². The minimum atomic E-state index is -0.759. The highest BCUT2D eigenvalue weighted by Crippen LogP contribution is 2.01. The van der Waals surface area contributed by atoms with Crippen molar-refractivity contribution in [2.75, 3.05) is 0 Å². The molecule has 0 saturated carbocycles. The van der Waals surface area contributed by atoms with E-state index < -0.39 is 12.2 Å². The Hall–Kier alpha value is -0.340. The van der Waals surface area contributed by atoms with Crippen molar-refractivity contribution >= 4 is 0 Å². The molecule has 0 fully saturated rings. The third-order valence-electron chi connectivity index (χ3n) is 1.22. The molecule has 0 aromatic heterocycles. The molecule has 0 aromatic carbocycles. The Labute approximate surface area is 55.8 Å². The van der Waals surface area contributed by atoms with E-state index >= 15 is 0 Å². The lowest BCUT2D eigenvalue weighted by molar-refractivity contribution is 0.0430. The molecule has 0 amide bonds. The SMILES string of the molecule is C=C[C@@H](O)[C@@H](O)CCC. The lowest BCUT2D eigenvalue weighted by Crippen LogP contribution is -2.22. The van der Waals surface area contributed by atoms with Crippen LogP contribution in [-0.2, 0) is 0 Å². The van der Waals surface area contributed by atoms with Crippen molar-refractivity contribution in [3.05, 3.63) is 12.7 Å². The monoisotopic (exact) mass is 130 g/mol. The molecule has 0 aliphatic rings. The maximum atomic E-state index is 9.00. The van der Waals surface area contributed by atoms with Crippen LogP contribution in [0.4, 0.5) is 0 Å². The topological polar surface area (TPSA) is 40.5 Å². The predicted molar refractivity (Wildman–Crippen MR) is 37.1 cm³/mol. The zero-order chi connectivity index (χ0) is 7.28. The zero-order valence-electron chi connectivity index (χ0n) is 5.75. The van der Waals surface area contributed by atoms with E-state index in [4.69, 9.17) is 10.2 Å². The number of aliphatic hydroxyl groups excluding tert-OH is 2. The number of hydrogen-bond donors (Lipinski definition) is 2. The molecular weight excluding hydrogens is 116 g/mol. The average molecular weight is 130 g/mol. The second kappa shape index (κ2) is 4.53. The van der Waals surface area contributed by atoms with Crippen LogP contribution in [0.2, 0.25) is 0 Å². The van der Waals surface area contributed by atoms with Gasteiger partial charge < -0.3 is 10.2 Å². The molecule has 0 aliphatic carbocycles. The molecule has 9 heavy (non-hydrogen) atoms. The summed E-state index contributed by atoms with van der Waals surface area (Å²) in [5.74, 6) is 0. The van der Waals surface area contributed by atoms with E-state index in [1.807, 2.05) is 6.92 Å². The van der Waals surface area contributed by atoms with Crippen LogP contribution in [0.3, 0.4) is 0 Å². The Balaban J connectivity index is 3.44. The zero-order valence-corrected chi connectivity index (χ0v) is 5.75. The number of rotatable bonds is 4. The summed E-state index contributed by atoms with van der Waals surface area (Å²) in [6.07, 6.45) is 1.47. The lowest BCUT2D eigenvalue weighted by atomic mass is 10.1. The summed E-state index contributed by atoms with van der Waals surface area (Å²) in [6.45, 7) is 5.31. The van der Waals surface area contributed by atoms with Crippen LogP contribution in [0.1, 0.15) is 19.8 Å². The van der Waals surface area contributed by atoms with Gasteiger partial charge >= 0.3 is 0 Å². The Kier molecular flexibility index (Phi) is 4.36. The van der Waals surface area contributed by atoms with Crippen molar-refractivity contribution in [3.63, 3.8) is 0 Å². The van der Waals surface area contributed by atoms with Crippen molar-refractivity contribution in [1.29, 1.82) is 0 Å². The first-order valence-corrected chi connectivity index (χ1v) is 3.21. The van der Waals surface area contributed by atoms with Gasteiger partial charge in [0.25, 0.3) is 0 Å². The molecule has 0 saturated heterocycles. The van der Waals surface area contributed by atoms with Crippen LogP contribution in [0, 0.1) is 0 Å². The first-order chi connectivity index (χ1) is 4.22. The van der Waals surface area contributed by atoms with Gasteiger partial charge in [-0.25, -0.2) is 0 Å². The lowest BCUT2D eigenvalue weighted by Gasteiger charge is -2.11. The fourth-order valence-electron chi connectivity index (χ4n) is 0.624. The van der Waals surface area contributed by atoms with Crippen LogP contribution in [0.15, 0.2) is 12.7 Å². The van der Waals surface area contributed by atoms with Crippen molar-refractivity contribution < 1.29 is 10.2 Å². The Morgan fingerprint density at radius 1 is 1.56 bits per heavy atom. The molecule has 2 heteroatoms. The number of hydrogen-bond acceptors (Lipinski definition) is 2. The normalized spacial score (nSPS) is 16.8. The van der Waals surface area contributed by atoms with Crippen LogP contribution in [-0.4, -0.2) is 22.4 Å². The highest BCUT2D eigenvalue weighted by molar-refractivity contribution is 4.83. The summed E-state index contributed by atoms with van der Waals surface area (Å²) in [5.41, 5.74) is 0. The Morgan fingerprint density at radius 3 is 2.44 bits per heavy atom. The van der Waals surface area contributed by atoms with E-state index in [1.54, 1.807) is 0 Å². The molecule has 2 nitrogen and oxygen atoms in total. The standard InChI is InChI=1S/C7H14O2/c1-3-5-7(9)6(8)4-2/h4,6-9H,2-3,5H2,1H3/t6-,7+/m1/s1. The molecular formula is C7H14O2. The molecule has 0 aliphatic heterocycles. The van der Waals surface area contributed by atoms with Gasteiger partial charge in [0.05, 0.1) is 12.2 Å². The summed E-state index contributed by atoms with van der Waals surface area (Å²) in [4.78, 5) is 0. The minimum absolute atomic E-state index is 0.632. The van der Waals surface area contributed by atoms with Gasteiger partial charge in [-0.3, -0.25) is 0 Å². The van der Waals surface area contributed by atoms with Crippen molar-refractivity contribution in [2.45, 2.75) is 32.0 Å². The second-order valence-corrected chi connectivity index (χ2v) is 2.08. The third-order valence-corrected chi connectivity index (χ3v) is 1.22. The summed E-state index contributed by atoms with van der Waals surface area (Å²) >= 11 is 0. The predicted octanol–water partition coefficient (Wildman–Crippen LogP) is 0.694. The van der Waals surface area contributed by atoms with E-state index in [-0.39, 0.29) is 0 Å². The first-order valence-electron chi connectivity index (χ1n) is 3.21. The van der Waals surface area contributed by atoms with Gasteiger partial charge in [-0.1, -0.05) is 19.4 Å². The smallest absolute Gasteiger partial charge is 0.0977 e. The largest absolute Gasteiger partial charge is 0.390 e. The third kappa shape index (κ3) is 3.27. The quantitative estimate of drug-likeness (QED) is 0.550. The Morgan fingerprint density at radius 2 is 2.11 bits per heavy atom. The molecule has 0 bridgehead atoms. The summed E-state index contributed by atoms with van der Waals surface area (Å²) in [5, 5.41) is 17.9. The highest BCUT2D eigenvalue weighted by Gasteiger charge is 2.09. The second-order valence-electron chi connectivity index (χ2n) is 2.08. The van der Waals surface area contributed by atoms with Gasteiger partial charge in [0.1, 0.15) is 0 Å². The van der Waals surface area contributed by atoms with Gasteiger partial charge in [-0.2, -0.15) is 0 Å². The highest BCUT2D eigenvalue weighted by atomic mass is 16.3.